The van der Waals surface area contributed by atoms with E-state index >= 15 is 0 Å². The van der Waals surface area contributed by atoms with E-state index in [1.807, 2.05) is 24.3 Å². The number of nitro benzene ring substituents is 1. The quantitative estimate of drug-likeness (QED) is 0.331. The van der Waals surface area contributed by atoms with Gasteiger partial charge in [-0.25, -0.2) is 4.79 Å². The van der Waals surface area contributed by atoms with E-state index in [1.54, 1.807) is 12.1 Å². The van der Waals surface area contributed by atoms with Gasteiger partial charge in [0.2, 0.25) is 0 Å². The molecular weight excluding hydrogens is 354 g/mol. The van der Waals surface area contributed by atoms with Crippen molar-refractivity contribution in [1.29, 1.82) is 0 Å². The molecule has 5 nitrogen and oxygen atoms in total. The number of rotatable bonds is 5. The zero-order valence-corrected chi connectivity index (χ0v) is 15.2. The highest BCUT2D eigenvalue weighted by atomic mass is 35.5. The summed E-state index contributed by atoms with van der Waals surface area (Å²) in [5, 5.41) is 11.5. The highest BCUT2D eigenvalue weighted by Crippen LogP contribution is 2.55. The number of nitro groups is 1. The van der Waals surface area contributed by atoms with Crippen molar-refractivity contribution in [3.8, 4) is 0 Å². The molecule has 0 heterocycles. The topological polar surface area (TPSA) is 69.4 Å². The van der Waals surface area contributed by atoms with Gasteiger partial charge < -0.3 is 4.74 Å². The first kappa shape index (κ1) is 18.1. The van der Waals surface area contributed by atoms with Crippen LogP contribution in [-0.2, 0) is 16.0 Å². The Balaban J connectivity index is 1.91. The van der Waals surface area contributed by atoms with Crippen molar-refractivity contribution in [2.24, 2.45) is 5.92 Å². The molecule has 2 aromatic rings. The minimum absolute atomic E-state index is 0.0276. The Morgan fingerprint density at radius 2 is 1.77 bits per heavy atom. The van der Waals surface area contributed by atoms with Gasteiger partial charge in [-0.1, -0.05) is 42.8 Å². The van der Waals surface area contributed by atoms with E-state index in [-0.39, 0.29) is 23.5 Å². The number of non-ortho nitro benzene ring substituents is 1. The van der Waals surface area contributed by atoms with Crippen molar-refractivity contribution in [3.63, 3.8) is 0 Å². The molecule has 0 aromatic heterocycles. The molecule has 0 saturated heterocycles. The fourth-order valence-electron chi connectivity index (χ4n) is 3.35. The highest BCUT2D eigenvalue weighted by molar-refractivity contribution is 6.30. The van der Waals surface area contributed by atoms with Crippen molar-refractivity contribution in [1.82, 2.24) is 0 Å². The van der Waals surface area contributed by atoms with Crippen LogP contribution in [0.4, 0.5) is 5.69 Å². The summed E-state index contributed by atoms with van der Waals surface area (Å²) in [6.07, 6.45) is 0.383. The number of carbonyl (C=O) groups is 1. The van der Waals surface area contributed by atoms with E-state index in [0.29, 0.717) is 17.0 Å². The molecule has 2 atom stereocenters. The Morgan fingerprint density at radius 1 is 1.15 bits per heavy atom. The van der Waals surface area contributed by atoms with Gasteiger partial charge in [0, 0.05) is 35.1 Å². The molecule has 1 aliphatic rings. The molecule has 2 aromatic carbocycles. The Kier molecular flexibility index (Phi) is 5.09. The summed E-state index contributed by atoms with van der Waals surface area (Å²) in [7, 11) is 1.36. The van der Waals surface area contributed by atoms with E-state index in [1.165, 1.54) is 19.2 Å². The summed E-state index contributed by atoms with van der Waals surface area (Å²) in [4.78, 5) is 22.7. The molecule has 26 heavy (non-hydrogen) atoms. The van der Waals surface area contributed by atoms with Crippen LogP contribution in [0.25, 0.3) is 0 Å². The third kappa shape index (κ3) is 3.63. The standard InChI is InChI=1S/C20H18ClNO4/c1-12-18(14-5-7-15(21)8-6-14)19(12)17(20(23)26-2)11-13-3-9-16(10-4-13)22(24)25/h3-10,12,18H,11H2,1-2H3/b19-17-/t12-,18+/m1/s1. The number of allylic oxidation sites excluding steroid dienone is 1. The van der Waals surface area contributed by atoms with Crippen LogP contribution in [0.1, 0.15) is 24.0 Å². The number of esters is 1. The van der Waals surface area contributed by atoms with Gasteiger partial charge in [-0.05, 0) is 34.8 Å². The molecule has 3 rings (SSSR count). The summed E-state index contributed by atoms with van der Waals surface area (Å²) in [5.41, 5.74) is 3.64. The summed E-state index contributed by atoms with van der Waals surface area (Å²) in [6.45, 7) is 2.08. The maximum atomic E-state index is 12.3. The van der Waals surface area contributed by atoms with Gasteiger partial charge in [-0.3, -0.25) is 10.1 Å². The Morgan fingerprint density at radius 3 is 2.31 bits per heavy atom. The minimum atomic E-state index is -0.441. The predicted molar refractivity (Wildman–Crippen MR) is 99.2 cm³/mol. The highest BCUT2D eigenvalue weighted by Gasteiger charge is 2.45. The Labute approximate surface area is 156 Å². The average Bonchev–Trinajstić information content (AvgIpc) is 3.30. The molecular formula is C20H18ClNO4. The van der Waals surface area contributed by atoms with E-state index < -0.39 is 4.92 Å². The monoisotopic (exact) mass is 371 g/mol. The van der Waals surface area contributed by atoms with Crippen LogP contribution in [-0.4, -0.2) is 18.0 Å². The first-order valence-corrected chi connectivity index (χ1v) is 8.60. The van der Waals surface area contributed by atoms with Crippen molar-refractivity contribution >= 4 is 23.3 Å². The molecule has 0 spiro atoms. The zero-order chi connectivity index (χ0) is 18.8. The lowest BCUT2D eigenvalue weighted by Crippen LogP contribution is -2.08. The van der Waals surface area contributed by atoms with Gasteiger partial charge in [0.05, 0.1) is 12.0 Å². The van der Waals surface area contributed by atoms with Gasteiger partial charge in [-0.2, -0.15) is 0 Å². The number of halogens is 1. The molecule has 0 bridgehead atoms. The Hall–Kier alpha value is -2.66. The second kappa shape index (κ2) is 7.30. The third-order valence-corrected chi connectivity index (χ3v) is 5.01. The van der Waals surface area contributed by atoms with Gasteiger partial charge >= 0.3 is 5.97 Å². The van der Waals surface area contributed by atoms with Crippen LogP contribution in [0.15, 0.2) is 59.7 Å². The lowest BCUT2D eigenvalue weighted by molar-refractivity contribution is -0.384. The maximum Gasteiger partial charge on any atom is 0.334 e. The van der Waals surface area contributed by atoms with Crippen LogP contribution in [0.5, 0.6) is 0 Å². The SMILES string of the molecule is COC(=O)/C(Cc1ccc([N+](=O)[O-])cc1)=C1\[C@H](c2ccc(Cl)cc2)[C@H]1C. The second-order valence-electron chi connectivity index (χ2n) is 6.34. The van der Waals surface area contributed by atoms with E-state index in [2.05, 4.69) is 6.92 Å². The van der Waals surface area contributed by atoms with Crippen LogP contribution >= 0.6 is 11.6 Å². The molecule has 6 heteroatoms. The third-order valence-electron chi connectivity index (χ3n) is 4.75. The Bertz CT molecular complexity index is 872. The number of hydrogen-bond donors (Lipinski definition) is 0. The lowest BCUT2D eigenvalue weighted by Gasteiger charge is -2.06. The van der Waals surface area contributed by atoms with Crippen molar-refractivity contribution in [2.75, 3.05) is 7.11 Å². The molecule has 0 amide bonds. The van der Waals surface area contributed by atoms with Gasteiger partial charge in [-0.15, -0.1) is 0 Å². The molecule has 1 fully saturated rings. The van der Waals surface area contributed by atoms with E-state index in [0.717, 1.165) is 16.7 Å². The molecule has 134 valence electrons. The first-order valence-electron chi connectivity index (χ1n) is 8.22. The number of nitrogens with zero attached hydrogens (tertiary/aromatic N) is 1. The maximum absolute atomic E-state index is 12.3. The van der Waals surface area contributed by atoms with E-state index in [4.69, 9.17) is 16.3 Å². The number of benzene rings is 2. The summed E-state index contributed by atoms with van der Waals surface area (Å²) in [5.74, 6) is 0.0457. The zero-order valence-electron chi connectivity index (χ0n) is 14.4. The predicted octanol–water partition coefficient (Wildman–Crippen LogP) is 4.69. The van der Waals surface area contributed by atoms with Crippen molar-refractivity contribution < 1.29 is 14.5 Å². The summed E-state index contributed by atoms with van der Waals surface area (Å²) < 4.78 is 4.97. The smallest absolute Gasteiger partial charge is 0.334 e. The summed E-state index contributed by atoms with van der Waals surface area (Å²) in [6, 6.07) is 13.9. The fraction of sp³-hybridized carbons (Fsp3) is 0.250. The van der Waals surface area contributed by atoms with Gasteiger partial charge in [0.15, 0.2) is 0 Å². The fourth-order valence-corrected chi connectivity index (χ4v) is 3.48. The van der Waals surface area contributed by atoms with Gasteiger partial charge in [0.1, 0.15) is 0 Å². The summed E-state index contributed by atoms with van der Waals surface area (Å²) >= 11 is 5.95. The van der Waals surface area contributed by atoms with Crippen molar-refractivity contribution in [2.45, 2.75) is 19.3 Å². The van der Waals surface area contributed by atoms with Crippen LogP contribution in [0.2, 0.25) is 5.02 Å². The van der Waals surface area contributed by atoms with E-state index in [9.17, 15) is 14.9 Å². The van der Waals surface area contributed by atoms with Gasteiger partial charge in [0.25, 0.3) is 5.69 Å². The molecule has 0 aliphatic heterocycles. The van der Waals surface area contributed by atoms with Crippen LogP contribution in [0.3, 0.4) is 0 Å². The first-order chi connectivity index (χ1) is 12.4. The minimum Gasteiger partial charge on any atom is -0.466 e. The molecule has 1 aliphatic carbocycles. The lowest BCUT2D eigenvalue weighted by atomic mass is 10.0. The largest absolute Gasteiger partial charge is 0.466 e. The second-order valence-corrected chi connectivity index (χ2v) is 6.78. The number of carbonyl (C=O) groups excluding carboxylic acids is 1. The van der Waals surface area contributed by atoms with Crippen LogP contribution < -0.4 is 0 Å². The number of ether oxygens (including phenoxy) is 1. The molecule has 1 saturated carbocycles. The number of hydrogen-bond acceptors (Lipinski definition) is 4. The van der Waals surface area contributed by atoms with Crippen LogP contribution in [0, 0.1) is 16.0 Å². The normalized spacial score (nSPS) is 20.4. The molecule has 0 radical (unpaired) electrons. The molecule has 0 unspecified atom stereocenters. The average molecular weight is 372 g/mol. The number of methoxy groups -OCH3 is 1. The molecule has 0 N–H and O–H groups in total. The van der Waals surface area contributed by atoms with Crippen molar-refractivity contribution in [3.05, 3.63) is 85.9 Å².